The molecule has 0 spiro atoms. The number of amidine groups is 2. The maximum Gasteiger partial charge on any atom is 0.159 e. The zero-order valence-electron chi connectivity index (χ0n) is 27.6. The van der Waals surface area contributed by atoms with Gasteiger partial charge in [0.15, 0.2) is 5.84 Å². The normalized spacial score (nSPS) is 14.5. The van der Waals surface area contributed by atoms with Crippen molar-refractivity contribution < 1.29 is 4.42 Å². The van der Waals surface area contributed by atoms with E-state index in [0.717, 1.165) is 66.4 Å². The number of hydrogen-bond acceptors (Lipinski definition) is 4. The van der Waals surface area contributed by atoms with Crippen molar-refractivity contribution in [2.75, 3.05) is 0 Å². The van der Waals surface area contributed by atoms with Crippen molar-refractivity contribution in [2.45, 2.75) is 6.17 Å². The van der Waals surface area contributed by atoms with Crippen LogP contribution >= 0.6 is 0 Å². The van der Waals surface area contributed by atoms with Crippen LogP contribution in [0.2, 0.25) is 0 Å². The maximum atomic E-state index is 6.95. The van der Waals surface area contributed by atoms with Crippen LogP contribution in [0, 0.1) is 0 Å². The van der Waals surface area contributed by atoms with E-state index < -0.39 is 0 Å². The van der Waals surface area contributed by atoms with E-state index in [1.165, 1.54) is 21.9 Å². The molecule has 1 N–H and O–H groups in total. The summed E-state index contributed by atoms with van der Waals surface area (Å²) in [5.74, 6) is 1.45. The van der Waals surface area contributed by atoms with E-state index in [4.69, 9.17) is 14.4 Å². The van der Waals surface area contributed by atoms with Crippen molar-refractivity contribution in [3.8, 4) is 22.3 Å². The van der Waals surface area contributed by atoms with Gasteiger partial charge in [-0.05, 0) is 68.1 Å². The number of nitrogens with zero attached hydrogens (tertiary/aromatic N) is 2. The molecule has 1 unspecified atom stereocenters. The van der Waals surface area contributed by atoms with Crippen LogP contribution in [0.5, 0.6) is 0 Å². The first-order valence-corrected chi connectivity index (χ1v) is 17.3. The molecule has 240 valence electrons. The fourth-order valence-corrected chi connectivity index (χ4v) is 7.49. The molecule has 1 aliphatic rings. The highest BCUT2D eigenvalue weighted by molar-refractivity contribution is 6.25. The summed E-state index contributed by atoms with van der Waals surface area (Å²) in [6, 6.07) is 61.6. The third kappa shape index (κ3) is 5.00. The second-order valence-electron chi connectivity index (χ2n) is 13.0. The van der Waals surface area contributed by atoms with Gasteiger partial charge in [0.25, 0.3) is 0 Å². The molecular formula is C47H31N3O. The highest BCUT2D eigenvalue weighted by atomic mass is 16.3. The van der Waals surface area contributed by atoms with Crippen LogP contribution in [-0.2, 0) is 0 Å². The van der Waals surface area contributed by atoms with Crippen LogP contribution in [0.15, 0.2) is 190 Å². The van der Waals surface area contributed by atoms with Gasteiger partial charge in [0.05, 0.1) is 0 Å². The molecule has 0 bridgehead atoms. The van der Waals surface area contributed by atoms with Crippen LogP contribution < -0.4 is 5.32 Å². The quantitative estimate of drug-likeness (QED) is 0.201. The first-order chi connectivity index (χ1) is 25.3. The van der Waals surface area contributed by atoms with Gasteiger partial charge in [-0.25, -0.2) is 9.98 Å². The Hall–Kier alpha value is -6.78. The fourth-order valence-electron chi connectivity index (χ4n) is 7.49. The van der Waals surface area contributed by atoms with Crippen molar-refractivity contribution in [3.05, 3.63) is 193 Å². The highest BCUT2D eigenvalue weighted by Crippen LogP contribution is 2.43. The lowest BCUT2D eigenvalue weighted by Gasteiger charge is -2.24. The van der Waals surface area contributed by atoms with E-state index in [1.54, 1.807) is 0 Å². The molecule has 10 rings (SSSR count). The summed E-state index contributed by atoms with van der Waals surface area (Å²) in [6.45, 7) is 0. The first kappa shape index (κ1) is 29.2. The Morgan fingerprint density at radius 3 is 1.78 bits per heavy atom. The monoisotopic (exact) mass is 653 g/mol. The van der Waals surface area contributed by atoms with Crippen LogP contribution in [0.1, 0.15) is 22.9 Å². The van der Waals surface area contributed by atoms with Gasteiger partial charge in [-0.1, -0.05) is 152 Å². The topological polar surface area (TPSA) is 49.9 Å². The second kappa shape index (κ2) is 12.0. The predicted molar refractivity (Wildman–Crippen MR) is 211 cm³/mol. The van der Waals surface area contributed by atoms with Gasteiger partial charge < -0.3 is 9.73 Å². The largest absolute Gasteiger partial charge is 0.455 e. The number of rotatable bonds is 5. The Balaban J connectivity index is 1.24. The van der Waals surface area contributed by atoms with Gasteiger partial charge in [-0.3, -0.25) is 0 Å². The number of hydrogen-bond donors (Lipinski definition) is 1. The highest BCUT2D eigenvalue weighted by Gasteiger charge is 2.26. The zero-order valence-corrected chi connectivity index (χ0v) is 27.6. The summed E-state index contributed by atoms with van der Waals surface area (Å²) in [7, 11) is 0. The molecule has 8 aromatic carbocycles. The molecule has 0 saturated heterocycles. The molecule has 51 heavy (non-hydrogen) atoms. The van der Waals surface area contributed by atoms with Gasteiger partial charge in [0.2, 0.25) is 0 Å². The minimum atomic E-state index is -0.308. The molecule has 0 radical (unpaired) electrons. The summed E-state index contributed by atoms with van der Waals surface area (Å²) < 4.78 is 6.95. The Morgan fingerprint density at radius 2 is 1.04 bits per heavy atom. The Bertz CT molecular complexity index is 2820. The predicted octanol–water partition coefficient (Wildman–Crippen LogP) is 11.7. The van der Waals surface area contributed by atoms with Crippen molar-refractivity contribution >= 4 is 55.2 Å². The van der Waals surface area contributed by atoms with E-state index >= 15 is 0 Å². The molecule has 0 aliphatic carbocycles. The van der Waals surface area contributed by atoms with Gasteiger partial charge >= 0.3 is 0 Å². The van der Waals surface area contributed by atoms with Crippen molar-refractivity contribution in [2.24, 2.45) is 9.98 Å². The minimum Gasteiger partial charge on any atom is -0.455 e. The smallest absolute Gasteiger partial charge is 0.159 e. The van der Waals surface area contributed by atoms with Crippen molar-refractivity contribution in [1.82, 2.24) is 5.32 Å². The molecular weight excluding hydrogens is 623 g/mol. The summed E-state index contributed by atoms with van der Waals surface area (Å²) in [6.07, 6.45) is -0.308. The summed E-state index contributed by atoms with van der Waals surface area (Å²) >= 11 is 0. The van der Waals surface area contributed by atoms with Crippen LogP contribution in [0.3, 0.4) is 0 Å². The molecule has 1 aliphatic heterocycles. The number of benzene rings is 8. The van der Waals surface area contributed by atoms with Crippen LogP contribution in [0.4, 0.5) is 0 Å². The third-order valence-corrected chi connectivity index (χ3v) is 9.93. The van der Waals surface area contributed by atoms with Gasteiger partial charge in [-0.2, -0.15) is 0 Å². The van der Waals surface area contributed by atoms with E-state index in [0.29, 0.717) is 5.84 Å². The summed E-state index contributed by atoms with van der Waals surface area (Å²) in [4.78, 5) is 10.3. The molecule has 0 fully saturated rings. The molecule has 2 heterocycles. The SMILES string of the molecule is c1ccc(C2=NC(c3ccccc3)NC(c3ccc(-c4ccc(-c5ccccc5)c5ccccc45)c4oc5cc6ccccc6cc5c34)=N2)cc1. The van der Waals surface area contributed by atoms with Crippen LogP contribution in [-0.4, -0.2) is 11.7 Å². The molecule has 9 aromatic rings. The molecule has 0 amide bonds. The Labute approximate surface area is 295 Å². The molecule has 4 heteroatoms. The number of nitrogens with one attached hydrogen (secondary N) is 1. The van der Waals surface area contributed by atoms with Gasteiger partial charge in [0, 0.05) is 27.5 Å². The lowest BCUT2D eigenvalue weighted by Crippen LogP contribution is -2.33. The standard InChI is InChI=1S/C47H31N3O/c1-4-14-30(15-5-1)35-24-25-38(37-23-13-12-22-36(35)37)39-26-27-40(43-41-28-33-20-10-11-21-34(33)29-42(41)51-44(39)43)47-49-45(31-16-6-2-7-17-31)48-46(50-47)32-18-8-3-9-19-32/h1-29,45H,(H,48,49,50). The van der Waals surface area contributed by atoms with E-state index in [1.807, 2.05) is 24.3 Å². The van der Waals surface area contributed by atoms with Gasteiger partial charge in [0.1, 0.15) is 23.2 Å². The van der Waals surface area contributed by atoms with Crippen molar-refractivity contribution in [1.29, 1.82) is 0 Å². The minimum absolute atomic E-state index is 0.308. The molecule has 1 aromatic heterocycles. The maximum absolute atomic E-state index is 6.95. The van der Waals surface area contributed by atoms with E-state index in [2.05, 4.69) is 157 Å². The second-order valence-corrected chi connectivity index (χ2v) is 13.0. The third-order valence-electron chi connectivity index (χ3n) is 9.93. The molecule has 1 atom stereocenters. The summed E-state index contributed by atoms with van der Waals surface area (Å²) in [5.41, 5.74) is 9.25. The Morgan fingerprint density at radius 1 is 0.471 bits per heavy atom. The average molecular weight is 654 g/mol. The van der Waals surface area contributed by atoms with E-state index in [-0.39, 0.29) is 6.17 Å². The number of aliphatic imine (C=N–C) groups is 2. The van der Waals surface area contributed by atoms with E-state index in [9.17, 15) is 0 Å². The Kier molecular flexibility index (Phi) is 6.85. The molecule has 4 nitrogen and oxygen atoms in total. The lowest BCUT2D eigenvalue weighted by atomic mass is 9.90. The number of furan rings is 1. The number of fused-ring (bicyclic) bond motifs is 5. The molecule has 0 saturated carbocycles. The van der Waals surface area contributed by atoms with Gasteiger partial charge in [-0.15, -0.1) is 0 Å². The van der Waals surface area contributed by atoms with Crippen molar-refractivity contribution in [3.63, 3.8) is 0 Å². The first-order valence-electron chi connectivity index (χ1n) is 17.3. The summed E-state index contributed by atoms with van der Waals surface area (Å²) in [5, 5.41) is 10.5. The average Bonchev–Trinajstić information content (AvgIpc) is 3.58. The lowest BCUT2D eigenvalue weighted by molar-refractivity contribution is 0.669. The van der Waals surface area contributed by atoms with Crippen LogP contribution in [0.25, 0.3) is 65.7 Å². The zero-order chi connectivity index (χ0) is 33.7. The fraction of sp³-hybridized carbons (Fsp3) is 0.0213.